The van der Waals surface area contributed by atoms with E-state index in [1.165, 1.54) is 31.5 Å². The van der Waals surface area contributed by atoms with Crippen molar-refractivity contribution in [3.05, 3.63) is 83.1 Å². The van der Waals surface area contributed by atoms with Gasteiger partial charge in [-0.25, -0.2) is 17.8 Å². The first-order valence-electron chi connectivity index (χ1n) is 10.5. The summed E-state index contributed by atoms with van der Waals surface area (Å²) >= 11 is 0. The van der Waals surface area contributed by atoms with Crippen LogP contribution >= 0.6 is 0 Å². The van der Waals surface area contributed by atoms with Gasteiger partial charge < -0.3 is 10.1 Å². The van der Waals surface area contributed by atoms with E-state index in [9.17, 15) is 30.8 Å². The molecule has 0 aliphatic rings. The predicted octanol–water partition coefficient (Wildman–Crippen LogP) is 4.00. The van der Waals surface area contributed by atoms with Gasteiger partial charge in [0.1, 0.15) is 18.1 Å². The highest BCUT2D eigenvalue weighted by molar-refractivity contribution is 7.92. The number of nitrogens with zero attached hydrogens (tertiary/aromatic N) is 2. The van der Waals surface area contributed by atoms with Crippen LogP contribution in [-0.4, -0.2) is 30.5 Å². The third-order valence-electron chi connectivity index (χ3n) is 4.99. The summed E-state index contributed by atoms with van der Waals surface area (Å²) in [5.74, 6) is -2.55. The molecule has 8 nitrogen and oxygen atoms in total. The van der Waals surface area contributed by atoms with Crippen molar-refractivity contribution in [1.29, 1.82) is 0 Å². The van der Waals surface area contributed by atoms with E-state index in [-0.39, 0.29) is 35.8 Å². The summed E-state index contributed by atoms with van der Waals surface area (Å²) in [6.45, 7) is 1.23. The number of carbonyl (C=O) groups excluding carboxylic acids is 1. The summed E-state index contributed by atoms with van der Waals surface area (Å²) in [6.07, 6.45) is -0.796. The first-order valence-corrected chi connectivity index (χ1v) is 12.4. The van der Waals surface area contributed by atoms with E-state index in [1.54, 1.807) is 12.1 Å². The Morgan fingerprint density at radius 2 is 1.81 bits per heavy atom. The molecule has 2 heterocycles. The van der Waals surface area contributed by atoms with Crippen LogP contribution in [-0.2, 0) is 34.1 Å². The molecule has 1 amide bonds. The number of rotatable bonds is 9. The molecule has 2 N–H and O–H groups in total. The lowest BCUT2D eigenvalue weighted by Crippen LogP contribution is -2.28. The summed E-state index contributed by atoms with van der Waals surface area (Å²) in [5.41, 5.74) is -0.279. The van der Waals surface area contributed by atoms with Gasteiger partial charge in [0.15, 0.2) is 0 Å². The number of sulfonamides is 1. The molecule has 0 bridgehead atoms. The normalized spacial score (nSPS) is 12.6. The van der Waals surface area contributed by atoms with Crippen molar-refractivity contribution in [3.8, 4) is 5.88 Å². The Morgan fingerprint density at radius 3 is 2.42 bits per heavy atom. The molecule has 36 heavy (non-hydrogen) atoms. The van der Waals surface area contributed by atoms with E-state index < -0.39 is 39.5 Å². The van der Waals surface area contributed by atoms with E-state index in [0.717, 1.165) is 24.5 Å². The SMILES string of the molecule is CC(C(=O)NCc1ccc(C(F)(F)F)nc1OCc1ccncc1)c1ccc(NS(C)(=O)=O)c(F)c1. The average Bonchev–Trinajstić information content (AvgIpc) is 2.81. The third-order valence-corrected chi connectivity index (χ3v) is 5.58. The highest BCUT2D eigenvalue weighted by Gasteiger charge is 2.33. The van der Waals surface area contributed by atoms with Crippen molar-refractivity contribution in [3.63, 3.8) is 0 Å². The lowest BCUT2D eigenvalue weighted by atomic mass is 9.99. The molecule has 0 radical (unpaired) electrons. The number of alkyl halides is 3. The second-order valence-electron chi connectivity index (χ2n) is 7.86. The summed E-state index contributed by atoms with van der Waals surface area (Å²) in [4.78, 5) is 20.1. The number of halogens is 4. The molecule has 3 rings (SSSR count). The van der Waals surface area contributed by atoms with Crippen LogP contribution in [0, 0.1) is 5.82 Å². The lowest BCUT2D eigenvalue weighted by Gasteiger charge is -2.16. The molecule has 3 aromatic rings. The highest BCUT2D eigenvalue weighted by Crippen LogP contribution is 2.30. The van der Waals surface area contributed by atoms with Crippen LogP contribution in [0.15, 0.2) is 54.9 Å². The molecule has 2 aromatic heterocycles. The number of amides is 1. The Kier molecular flexibility index (Phi) is 8.13. The fraction of sp³-hybridized carbons (Fsp3) is 0.261. The maximum absolute atomic E-state index is 14.3. The zero-order chi connectivity index (χ0) is 26.5. The summed E-state index contributed by atoms with van der Waals surface area (Å²) in [5, 5.41) is 2.58. The predicted molar refractivity (Wildman–Crippen MR) is 123 cm³/mol. The van der Waals surface area contributed by atoms with Gasteiger partial charge in [-0.05, 0) is 54.4 Å². The molecule has 1 atom stereocenters. The van der Waals surface area contributed by atoms with Gasteiger partial charge in [-0.3, -0.25) is 14.5 Å². The van der Waals surface area contributed by atoms with Crippen LogP contribution in [0.4, 0.5) is 23.2 Å². The zero-order valence-corrected chi connectivity index (χ0v) is 20.0. The molecule has 0 saturated heterocycles. The van der Waals surface area contributed by atoms with Crippen LogP contribution in [0.25, 0.3) is 0 Å². The Balaban J connectivity index is 1.73. The number of carbonyl (C=O) groups is 1. The minimum absolute atomic E-state index is 0.0681. The molecule has 0 aliphatic heterocycles. The van der Waals surface area contributed by atoms with Gasteiger partial charge in [0.2, 0.25) is 21.8 Å². The topological polar surface area (TPSA) is 110 Å². The lowest BCUT2D eigenvalue weighted by molar-refractivity contribution is -0.141. The highest BCUT2D eigenvalue weighted by atomic mass is 32.2. The monoisotopic (exact) mass is 526 g/mol. The molecule has 192 valence electrons. The van der Waals surface area contributed by atoms with Crippen LogP contribution < -0.4 is 14.8 Å². The average molecular weight is 527 g/mol. The molecule has 0 aliphatic carbocycles. The number of anilines is 1. The quantitative estimate of drug-likeness (QED) is 0.408. The Morgan fingerprint density at radius 1 is 1.11 bits per heavy atom. The Labute approximate surface area is 204 Å². The number of hydrogen-bond acceptors (Lipinski definition) is 6. The van der Waals surface area contributed by atoms with Crippen molar-refractivity contribution < 1.29 is 35.5 Å². The van der Waals surface area contributed by atoms with Crippen LogP contribution in [0.3, 0.4) is 0 Å². The second-order valence-corrected chi connectivity index (χ2v) is 9.60. The minimum atomic E-state index is -4.69. The van der Waals surface area contributed by atoms with E-state index in [1.807, 2.05) is 4.72 Å². The molecule has 13 heteroatoms. The Hall–Kier alpha value is -3.74. The number of hydrogen-bond donors (Lipinski definition) is 2. The molecular formula is C23H22F4N4O4S. The maximum Gasteiger partial charge on any atom is 0.433 e. The largest absolute Gasteiger partial charge is 0.473 e. The zero-order valence-electron chi connectivity index (χ0n) is 19.1. The number of pyridine rings is 2. The molecule has 1 unspecified atom stereocenters. The molecule has 0 fully saturated rings. The van der Waals surface area contributed by atoms with Gasteiger partial charge in [-0.1, -0.05) is 6.07 Å². The standard InChI is InChI=1S/C23H22F4N4O4S/c1-14(16-3-5-19(18(24)11-16)31-36(2,33)34)21(32)29-12-17-4-6-20(23(25,26)27)30-22(17)35-13-15-7-9-28-10-8-15/h3-11,14,31H,12-13H2,1-2H3,(H,29,32). The third kappa shape index (κ3) is 7.38. The molecule has 1 aromatic carbocycles. The molecular weight excluding hydrogens is 504 g/mol. The van der Waals surface area contributed by atoms with E-state index in [4.69, 9.17) is 4.74 Å². The fourth-order valence-electron chi connectivity index (χ4n) is 3.09. The van der Waals surface area contributed by atoms with Crippen molar-refractivity contribution in [2.45, 2.75) is 32.2 Å². The van der Waals surface area contributed by atoms with Gasteiger partial charge >= 0.3 is 6.18 Å². The van der Waals surface area contributed by atoms with Gasteiger partial charge in [0.05, 0.1) is 17.9 Å². The number of nitrogens with one attached hydrogen (secondary N) is 2. The molecule has 0 spiro atoms. The van der Waals surface area contributed by atoms with E-state index in [0.29, 0.717) is 5.56 Å². The van der Waals surface area contributed by atoms with Crippen LogP contribution in [0.5, 0.6) is 5.88 Å². The van der Waals surface area contributed by atoms with Gasteiger partial charge in [0, 0.05) is 24.5 Å². The van der Waals surface area contributed by atoms with Crippen molar-refractivity contribution in [1.82, 2.24) is 15.3 Å². The van der Waals surface area contributed by atoms with Gasteiger partial charge in [-0.15, -0.1) is 0 Å². The van der Waals surface area contributed by atoms with E-state index >= 15 is 0 Å². The smallest absolute Gasteiger partial charge is 0.433 e. The Bertz CT molecular complexity index is 1340. The minimum Gasteiger partial charge on any atom is -0.473 e. The summed E-state index contributed by atoms with van der Waals surface area (Å²) < 4.78 is 83.9. The van der Waals surface area contributed by atoms with Crippen molar-refractivity contribution in [2.75, 3.05) is 11.0 Å². The molecule has 0 saturated carbocycles. The van der Waals surface area contributed by atoms with Gasteiger partial charge in [-0.2, -0.15) is 13.2 Å². The van der Waals surface area contributed by atoms with E-state index in [2.05, 4.69) is 15.3 Å². The first-order chi connectivity index (χ1) is 16.8. The van der Waals surface area contributed by atoms with Crippen LogP contribution in [0.1, 0.15) is 35.2 Å². The number of benzene rings is 1. The summed E-state index contributed by atoms with van der Waals surface area (Å²) in [6, 6.07) is 8.82. The summed E-state index contributed by atoms with van der Waals surface area (Å²) in [7, 11) is -3.69. The fourth-order valence-corrected chi connectivity index (χ4v) is 3.65. The van der Waals surface area contributed by atoms with Crippen molar-refractivity contribution >= 4 is 21.6 Å². The maximum atomic E-state index is 14.3. The number of aromatic nitrogens is 2. The second kappa shape index (κ2) is 10.9. The number of ether oxygens (including phenoxy) is 1. The van der Waals surface area contributed by atoms with Gasteiger partial charge in [0.25, 0.3) is 0 Å². The van der Waals surface area contributed by atoms with Crippen molar-refractivity contribution in [2.24, 2.45) is 0 Å². The van der Waals surface area contributed by atoms with Crippen LogP contribution in [0.2, 0.25) is 0 Å². The first kappa shape index (κ1) is 26.9.